The van der Waals surface area contributed by atoms with Gasteiger partial charge in [-0.05, 0) is 73.6 Å². The van der Waals surface area contributed by atoms with Crippen molar-refractivity contribution in [3.05, 3.63) is 88.9 Å². The number of carbonyl (C=O) groups is 1. The molecule has 13 heteroatoms. The lowest BCUT2D eigenvalue weighted by molar-refractivity contribution is -0.137. The van der Waals surface area contributed by atoms with Gasteiger partial charge in [0.2, 0.25) is 11.7 Å². The Bertz CT molecular complexity index is 1530. The molecule has 1 fully saturated rings. The highest BCUT2D eigenvalue weighted by Crippen LogP contribution is 2.36. The van der Waals surface area contributed by atoms with Crippen LogP contribution < -0.4 is 14.8 Å². The number of nitrogens with one attached hydrogen (secondary N) is 1. The summed E-state index contributed by atoms with van der Waals surface area (Å²) in [5.41, 5.74) is -0.167. The monoisotopic (exact) mass is 602 g/mol. The topological polar surface area (TPSA) is 99.4 Å². The second kappa shape index (κ2) is 12.8. The van der Waals surface area contributed by atoms with Gasteiger partial charge in [0, 0.05) is 24.2 Å². The van der Waals surface area contributed by atoms with Gasteiger partial charge in [0.05, 0.1) is 12.7 Å². The summed E-state index contributed by atoms with van der Waals surface area (Å²) in [7, 11) is 1.53. The fraction of sp³-hybridized carbons (Fsp3) is 0.333. The largest absolute Gasteiger partial charge is 0.497 e. The van der Waals surface area contributed by atoms with E-state index in [2.05, 4.69) is 20.4 Å². The van der Waals surface area contributed by atoms with Crippen molar-refractivity contribution in [2.75, 3.05) is 13.7 Å². The summed E-state index contributed by atoms with van der Waals surface area (Å²) in [6, 6.07) is 10.8. The first kappa shape index (κ1) is 29.9. The Morgan fingerprint density at radius 3 is 2.33 bits per heavy atom. The number of ether oxygens (including phenoxy) is 2. The van der Waals surface area contributed by atoms with Crippen LogP contribution in [0.4, 0.5) is 22.0 Å². The zero-order valence-corrected chi connectivity index (χ0v) is 23.0. The number of amides is 1. The summed E-state index contributed by atoms with van der Waals surface area (Å²) in [5, 5.41) is 6.60. The van der Waals surface area contributed by atoms with Crippen molar-refractivity contribution in [2.45, 2.75) is 44.4 Å². The van der Waals surface area contributed by atoms with Gasteiger partial charge >= 0.3 is 6.18 Å². The maximum atomic E-state index is 14.6. The molecule has 0 aliphatic heterocycles. The summed E-state index contributed by atoms with van der Waals surface area (Å²) < 4.78 is 83.3. The van der Waals surface area contributed by atoms with Crippen LogP contribution >= 0.6 is 0 Å². The third kappa shape index (κ3) is 7.27. The number of hydrogen-bond donors (Lipinski definition) is 1. The highest BCUT2D eigenvalue weighted by Gasteiger charge is 2.31. The number of carbonyl (C=O) groups excluding carboxylic acids is 1. The lowest BCUT2D eigenvalue weighted by Gasteiger charge is -2.26. The predicted molar refractivity (Wildman–Crippen MR) is 143 cm³/mol. The Labute approximate surface area is 243 Å². The van der Waals surface area contributed by atoms with Crippen LogP contribution in [0.25, 0.3) is 11.5 Å². The van der Waals surface area contributed by atoms with E-state index in [0.717, 1.165) is 37.2 Å². The Kier molecular flexibility index (Phi) is 8.88. The third-order valence-corrected chi connectivity index (χ3v) is 7.31. The Balaban J connectivity index is 1.10. The van der Waals surface area contributed by atoms with E-state index in [1.165, 1.54) is 13.2 Å². The standard InChI is InChI=1S/C30H27F5N4O4/c1-41-22-9-4-18(5-10-22)16-42-26-23(31)12-20(13-24(26)32)28(40)37-14-17-2-6-19(7-3-17)29-38-27(39-43-29)25-11-8-21(15-36-25)30(33,34)35/h4-5,8-13,15,17,19H,2-3,6-7,14,16H2,1H3,(H,37,40)/t17-,19-. The average molecular weight is 603 g/mol. The molecule has 2 aromatic heterocycles. The van der Waals surface area contributed by atoms with Crippen LogP contribution in [0.15, 0.2) is 59.3 Å². The molecule has 1 aliphatic rings. The van der Waals surface area contributed by atoms with Crippen molar-refractivity contribution in [1.82, 2.24) is 20.4 Å². The molecule has 0 spiro atoms. The normalized spacial score (nSPS) is 17.0. The molecule has 5 rings (SSSR count). The first-order chi connectivity index (χ1) is 20.6. The van der Waals surface area contributed by atoms with Crippen molar-refractivity contribution >= 4 is 5.91 Å². The molecule has 1 saturated carbocycles. The first-order valence-corrected chi connectivity index (χ1v) is 13.5. The van der Waals surface area contributed by atoms with Crippen molar-refractivity contribution in [2.24, 2.45) is 5.92 Å². The smallest absolute Gasteiger partial charge is 0.417 e. The van der Waals surface area contributed by atoms with Gasteiger partial charge in [-0.1, -0.05) is 17.3 Å². The zero-order valence-electron chi connectivity index (χ0n) is 23.0. The van der Waals surface area contributed by atoms with E-state index < -0.39 is 35.0 Å². The highest BCUT2D eigenvalue weighted by molar-refractivity contribution is 5.94. The van der Waals surface area contributed by atoms with Crippen molar-refractivity contribution < 1.29 is 40.7 Å². The minimum atomic E-state index is -4.49. The molecule has 0 atom stereocenters. The molecule has 4 aromatic rings. The second-order valence-corrected chi connectivity index (χ2v) is 10.2. The van der Waals surface area contributed by atoms with Crippen LogP contribution in [0.1, 0.15) is 59.0 Å². The predicted octanol–water partition coefficient (Wildman–Crippen LogP) is 6.72. The number of aromatic nitrogens is 3. The van der Waals surface area contributed by atoms with Gasteiger partial charge in [0.1, 0.15) is 18.1 Å². The van der Waals surface area contributed by atoms with Crippen LogP contribution in [-0.2, 0) is 12.8 Å². The van der Waals surface area contributed by atoms with Crippen LogP contribution in [0.3, 0.4) is 0 Å². The molecular weight excluding hydrogens is 575 g/mol. The minimum Gasteiger partial charge on any atom is -0.497 e. The average Bonchev–Trinajstić information content (AvgIpc) is 3.50. The second-order valence-electron chi connectivity index (χ2n) is 10.2. The highest BCUT2D eigenvalue weighted by atomic mass is 19.4. The Morgan fingerprint density at radius 2 is 1.72 bits per heavy atom. The van der Waals surface area contributed by atoms with Gasteiger partial charge in [0.25, 0.3) is 5.91 Å². The summed E-state index contributed by atoms with van der Waals surface area (Å²) >= 11 is 0. The molecule has 0 saturated heterocycles. The van der Waals surface area contributed by atoms with Crippen molar-refractivity contribution in [3.8, 4) is 23.0 Å². The van der Waals surface area contributed by atoms with Gasteiger partial charge < -0.3 is 19.3 Å². The quantitative estimate of drug-likeness (QED) is 0.212. The maximum absolute atomic E-state index is 14.6. The van der Waals surface area contributed by atoms with Crippen LogP contribution in [0.2, 0.25) is 0 Å². The van der Waals surface area contributed by atoms with E-state index in [0.29, 0.717) is 36.6 Å². The number of benzene rings is 2. The molecule has 8 nitrogen and oxygen atoms in total. The molecular formula is C30H27F5N4O4. The van der Waals surface area contributed by atoms with Crippen LogP contribution in [0, 0.1) is 17.6 Å². The van der Waals surface area contributed by atoms with Crippen LogP contribution in [-0.4, -0.2) is 34.7 Å². The lowest BCUT2D eigenvalue weighted by atomic mass is 9.82. The molecule has 2 heterocycles. The van der Waals surface area contributed by atoms with Gasteiger partial charge in [-0.15, -0.1) is 0 Å². The lowest BCUT2D eigenvalue weighted by Crippen LogP contribution is -2.31. The molecule has 1 amide bonds. The molecule has 1 aliphatic carbocycles. The van der Waals surface area contributed by atoms with Gasteiger partial charge in [-0.2, -0.15) is 18.2 Å². The van der Waals surface area contributed by atoms with E-state index in [4.69, 9.17) is 14.0 Å². The molecule has 0 unspecified atom stereocenters. The van der Waals surface area contributed by atoms with E-state index in [-0.39, 0.29) is 35.5 Å². The summed E-state index contributed by atoms with van der Waals surface area (Å²) in [5.74, 6) is -1.93. The van der Waals surface area contributed by atoms with Crippen molar-refractivity contribution in [1.29, 1.82) is 0 Å². The number of methoxy groups -OCH3 is 1. The van der Waals surface area contributed by atoms with Crippen LogP contribution in [0.5, 0.6) is 11.5 Å². The molecule has 0 bridgehead atoms. The Hall–Kier alpha value is -4.55. The SMILES string of the molecule is COc1ccc(COc2c(F)cc(C(=O)NC[C@H]3CC[C@H](c4nc(-c5ccc(C(F)(F)F)cn5)no4)CC3)cc2F)cc1. The summed E-state index contributed by atoms with van der Waals surface area (Å²) in [4.78, 5) is 20.8. The van der Waals surface area contributed by atoms with E-state index >= 15 is 0 Å². The maximum Gasteiger partial charge on any atom is 0.417 e. The minimum absolute atomic E-state index is 0.0451. The number of rotatable bonds is 9. The molecule has 2 aromatic carbocycles. The zero-order chi connectivity index (χ0) is 30.6. The molecule has 43 heavy (non-hydrogen) atoms. The summed E-state index contributed by atoms with van der Waals surface area (Å²) in [6.45, 7) is 0.248. The molecule has 226 valence electrons. The molecule has 0 radical (unpaired) electrons. The van der Waals surface area contributed by atoms with E-state index in [1.54, 1.807) is 24.3 Å². The van der Waals surface area contributed by atoms with E-state index in [9.17, 15) is 26.7 Å². The fourth-order valence-corrected chi connectivity index (χ4v) is 4.86. The summed E-state index contributed by atoms with van der Waals surface area (Å²) in [6.07, 6.45) is -0.946. The first-order valence-electron chi connectivity index (χ1n) is 13.5. The van der Waals surface area contributed by atoms with Gasteiger partial charge in [0.15, 0.2) is 17.4 Å². The Morgan fingerprint density at radius 1 is 1.02 bits per heavy atom. The number of halogens is 5. The van der Waals surface area contributed by atoms with E-state index in [1.807, 2.05) is 0 Å². The molecule has 1 N–H and O–H groups in total. The van der Waals surface area contributed by atoms with Crippen molar-refractivity contribution in [3.63, 3.8) is 0 Å². The fourth-order valence-electron chi connectivity index (χ4n) is 4.86. The number of pyridine rings is 1. The number of nitrogens with zero attached hydrogens (tertiary/aromatic N) is 3. The number of alkyl halides is 3. The van der Waals surface area contributed by atoms with Gasteiger partial charge in [-0.3, -0.25) is 9.78 Å². The van der Waals surface area contributed by atoms with Gasteiger partial charge in [-0.25, -0.2) is 8.78 Å². The third-order valence-electron chi connectivity index (χ3n) is 7.31. The number of hydrogen-bond acceptors (Lipinski definition) is 7.